The van der Waals surface area contributed by atoms with Crippen LogP contribution in [0.2, 0.25) is 0 Å². The van der Waals surface area contributed by atoms with Crippen molar-refractivity contribution in [1.29, 1.82) is 0 Å². The van der Waals surface area contributed by atoms with Gasteiger partial charge in [-0.3, -0.25) is 0 Å². The molecule has 1 aliphatic rings. The van der Waals surface area contributed by atoms with Crippen LogP contribution in [0.25, 0.3) is 11.1 Å². The summed E-state index contributed by atoms with van der Waals surface area (Å²) in [6, 6.07) is 10.2. The predicted octanol–water partition coefficient (Wildman–Crippen LogP) is 2.42. The van der Waals surface area contributed by atoms with Gasteiger partial charge in [-0.15, -0.1) is 0 Å². The van der Waals surface area contributed by atoms with E-state index in [0.29, 0.717) is 42.2 Å². The third-order valence-electron chi connectivity index (χ3n) is 5.58. The summed E-state index contributed by atoms with van der Waals surface area (Å²) in [7, 11) is 0. The number of hydrogen-bond acceptors (Lipinski definition) is 4. The number of ether oxygens (including phenoxy) is 1. The van der Waals surface area contributed by atoms with Gasteiger partial charge in [-0.2, -0.15) is 13.2 Å². The summed E-state index contributed by atoms with van der Waals surface area (Å²) < 4.78 is 73.8. The van der Waals surface area contributed by atoms with Crippen LogP contribution >= 0.6 is 0 Å². The quantitative estimate of drug-likeness (QED) is 0.388. The van der Waals surface area contributed by atoms with Gasteiger partial charge in [0.2, 0.25) is 5.88 Å². The van der Waals surface area contributed by atoms with E-state index >= 15 is 0 Å². The molecule has 35 heavy (non-hydrogen) atoms. The predicted molar refractivity (Wildman–Crippen MR) is 111 cm³/mol. The first-order chi connectivity index (χ1) is 16.1. The number of allylic oxidation sites excluding steroid dienone is 2. The SMILES string of the molecule is O=C([O-])c1cc(C2=C(c3cc(C(F)(F)F)cnc3OCc3ccccc3F)CCC2)ccc1F.[Na+]. The Balaban J connectivity index is 0.00000342. The second-order valence-electron chi connectivity index (χ2n) is 7.75. The average Bonchev–Trinajstić information content (AvgIpc) is 3.27. The molecule has 1 aromatic heterocycles. The van der Waals surface area contributed by atoms with E-state index in [4.69, 9.17) is 4.74 Å². The second-order valence-corrected chi connectivity index (χ2v) is 7.75. The standard InChI is InChI=1S/C25H18F5NO3.Na/c26-21-7-2-1-4-15(21)13-34-23-19(11-16(12-31-23)25(28,29)30)18-6-3-5-17(18)14-8-9-22(27)20(10-14)24(32)33;/h1-2,4,7-12H,3,5-6,13H2,(H,32,33);/q;+1/p-1. The number of aromatic carboxylic acids is 1. The van der Waals surface area contributed by atoms with Gasteiger partial charge in [0, 0.05) is 22.9 Å². The first-order valence-corrected chi connectivity index (χ1v) is 10.3. The molecular formula is C25H17F5NNaO3. The summed E-state index contributed by atoms with van der Waals surface area (Å²) in [5.74, 6) is -3.32. The summed E-state index contributed by atoms with van der Waals surface area (Å²) in [5.41, 5.74) is 0.0114. The van der Waals surface area contributed by atoms with Gasteiger partial charge in [0.1, 0.15) is 18.2 Å². The van der Waals surface area contributed by atoms with E-state index in [1.807, 2.05) is 0 Å². The van der Waals surface area contributed by atoms with Gasteiger partial charge < -0.3 is 14.6 Å². The molecule has 0 unspecified atom stereocenters. The van der Waals surface area contributed by atoms with Crippen molar-refractivity contribution in [3.8, 4) is 5.88 Å². The Bertz CT molecular complexity index is 1290. The van der Waals surface area contributed by atoms with E-state index in [0.717, 1.165) is 18.2 Å². The molecule has 0 spiro atoms. The molecule has 0 amide bonds. The van der Waals surface area contributed by atoms with Gasteiger partial charge >= 0.3 is 35.7 Å². The summed E-state index contributed by atoms with van der Waals surface area (Å²) in [4.78, 5) is 15.1. The summed E-state index contributed by atoms with van der Waals surface area (Å²) >= 11 is 0. The van der Waals surface area contributed by atoms with Crippen LogP contribution < -0.4 is 39.4 Å². The van der Waals surface area contributed by atoms with Crippen LogP contribution in [0.3, 0.4) is 0 Å². The molecule has 0 atom stereocenters. The van der Waals surface area contributed by atoms with Gasteiger partial charge in [0.15, 0.2) is 0 Å². The normalized spacial score (nSPS) is 13.5. The molecule has 4 nitrogen and oxygen atoms in total. The van der Waals surface area contributed by atoms with Crippen molar-refractivity contribution < 1.29 is 66.1 Å². The molecule has 0 N–H and O–H groups in total. The Kier molecular flexibility index (Phi) is 8.35. The molecule has 1 heterocycles. The maximum absolute atomic E-state index is 14.0. The van der Waals surface area contributed by atoms with E-state index in [-0.39, 0.29) is 53.2 Å². The first-order valence-electron chi connectivity index (χ1n) is 10.3. The topological polar surface area (TPSA) is 62.2 Å². The van der Waals surface area contributed by atoms with Crippen molar-refractivity contribution in [2.45, 2.75) is 32.0 Å². The minimum atomic E-state index is -4.66. The second kappa shape index (κ2) is 10.9. The molecule has 4 rings (SSSR count). The number of pyridine rings is 1. The smallest absolute Gasteiger partial charge is 0.545 e. The van der Waals surface area contributed by atoms with Crippen LogP contribution in [0, 0.1) is 11.6 Å². The molecule has 0 radical (unpaired) electrons. The number of carboxylic acids is 1. The molecular weight excluding hydrogens is 480 g/mol. The number of alkyl halides is 3. The van der Waals surface area contributed by atoms with Crippen molar-refractivity contribution in [2.75, 3.05) is 0 Å². The third kappa shape index (κ3) is 5.91. The Labute approximate surface area is 219 Å². The number of carbonyl (C=O) groups is 1. The zero-order chi connectivity index (χ0) is 24.5. The number of nitrogens with zero attached hydrogens (tertiary/aromatic N) is 1. The zero-order valence-corrected chi connectivity index (χ0v) is 20.6. The van der Waals surface area contributed by atoms with E-state index < -0.39 is 34.9 Å². The van der Waals surface area contributed by atoms with Gasteiger partial charge in [0.25, 0.3) is 0 Å². The molecule has 3 aromatic rings. The average molecular weight is 497 g/mol. The Morgan fingerprint density at radius 3 is 2.40 bits per heavy atom. The number of carboxylic acid groups (broad SMARTS) is 1. The zero-order valence-electron chi connectivity index (χ0n) is 18.6. The summed E-state index contributed by atoms with van der Waals surface area (Å²) in [6.07, 6.45) is -2.65. The van der Waals surface area contributed by atoms with Crippen molar-refractivity contribution in [2.24, 2.45) is 0 Å². The van der Waals surface area contributed by atoms with Gasteiger partial charge in [-0.1, -0.05) is 24.3 Å². The Hall–Kier alpha value is -2.75. The number of hydrogen-bond donors (Lipinski definition) is 0. The number of halogens is 5. The summed E-state index contributed by atoms with van der Waals surface area (Å²) in [6.45, 7) is -0.258. The monoisotopic (exact) mass is 497 g/mol. The number of carbonyl (C=O) groups excluding carboxylic acids is 1. The number of rotatable bonds is 6. The van der Waals surface area contributed by atoms with Crippen molar-refractivity contribution in [3.05, 3.63) is 94.2 Å². The van der Waals surface area contributed by atoms with E-state index in [1.54, 1.807) is 6.07 Å². The molecule has 0 bridgehead atoms. The fourth-order valence-electron chi connectivity index (χ4n) is 3.93. The van der Waals surface area contributed by atoms with Crippen molar-refractivity contribution >= 4 is 17.1 Å². The molecule has 1 aliphatic carbocycles. The van der Waals surface area contributed by atoms with Crippen LogP contribution in [0.5, 0.6) is 5.88 Å². The van der Waals surface area contributed by atoms with Gasteiger partial charge in [-0.05, 0) is 60.2 Å². The number of benzene rings is 2. The largest absolute Gasteiger partial charge is 1.00 e. The molecule has 2 aromatic carbocycles. The van der Waals surface area contributed by atoms with Gasteiger partial charge in [-0.25, -0.2) is 13.8 Å². The Morgan fingerprint density at radius 1 is 1.00 bits per heavy atom. The van der Waals surface area contributed by atoms with Crippen molar-refractivity contribution in [3.63, 3.8) is 0 Å². The van der Waals surface area contributed by atoms with Crippen LogP contribution in [0.15, 0.2) is 54.7 Å². The summed E-state index contributed by atoms with van der Waals surface area (Å²) in [5, 5.41) is 11.2. The van der Waals surface area contributed by atoms with E-state index in [2.05, 4.69) is 4.98 Å². The molecule has 0 fully saturated rings. The first kappa shape index (κ1) is 26.8. The molecule has 10 heteroatoms. The maximum atomic E-state index is 14.0. The van der Waals surface area contributed by atoms with Crippen molar-refractivity contribution in [1.82, 2.24) is 4.98 Å². The van der Waals surface area contributed by atoms with Crippen LogP contribution in [0.1, 0.15) is 51.9 Å². The Morgan fingerprint density at radius 2 is 1.71 bits per heavy atom. The fraction of sp³-hybridized carbons (Fsp3) is 0.200. The fourth-order valence-corrected chi connectivity index (χ4v) is 3.93. The van der Waals surface area contributed by atoms with E-state index in [1.165, 1.54) is 24.3 Å². The molecule has 0 saturated heterocycles. The molecule has 0 aliphatic heterocycles. The minimum absolute atomic E-state index is 0. The van der Waals surface area contributed by atoms with Crippen LogP contribution in [-0.2, 0) is 12.8 Å². The molecule has 176 valence electrons. The molecule has 0 saturated carbocycles. The van der Waals surface area contributed by atoms with Gasteiger partial charge in [0.05, 0.1) is 11.5 Å². The van der Waals surface area contributed by atoms with Crippen LogP contribution in [-0.4, -0.2) is 11.0 Å². The van der Waals surface area contributed by atoms with Crippen LogP contribution in [0.4, 0.5) is 22.0 Å². The minimum Gasteiger partial charge on any atom is -0.545 e. The number of aromatic nitrogens is 1. The third-order valence-corrected chi connectivity index (χ3v) is 5.58. The van der Waals surface area contributed by atoms with E-state index in [9.17, 15) is 31.9 Å². The maximum Gasteiger partial charge on any atom is 1.00 e.